The highest BCUT2D eigenvalue weighted by atomic mass is 16.5. The van der Waals surface area contributed by atoms with E-state index < -0.39 is 0 Å². The molecule has 40 heavy (non-hydrogen) atoms. The second-order valence-electron chi connectivity index (χ2n) is 9.77. The van der Waals surface area contributed by atoms with Gasteiger partial charge in [0, 0.05) is 62.1 Å². The topological polar surface area (TPSA) is 109 Å². The predicted molar refractivity (Wildman–Crippen MR) is 151 cm³/mol. The van der Waals surface area contributed by atoms with Crippen molar-refractivity contribution in [3.63, 3.8) is 0 Å². The molecular formula is C30H33N7O3. The molecule has 1 saturated heterocycles. The van der Waals surface area contributed by atoms with Gasteiger partial charge in [0.15, 0.2) is 0 Å². The van der Waals surface area contributed by atoms with Gasteiger partial charge in [0.25, 0.3) is 0 Å². The predicted octanol–water partition coefficient (Wildman–Crippen LogP) is 4.35. The van der Waals surface area contributed by atoms with E-state index in [-0.39, 0.29) is 6.10 Å². The number of unbranched alkanes of at least 4 members (excludes halogenated alkanes) is 1. The molecule has 1 fully saturated rings. The van der Waals surface area contributed by atoms with Crippen molar-refractivity contribution in [1.29, 1.82) is 5.26 Å². The second-order valence-corrected chi connectivity index (χ2v) is 9.77. The Morgan fingerprint density at radius 3 is 2.73 bits per heavy atom. The smallest absolute Gasteiger partial charge is 0.213 e. The molecule has 1 amide bonds. The van der Waals surface area contributed by atoms with Crippen LogP contribution in [-0.4, -0.2) is 69.8 Å². The Bertz CT molecular complexity index is 1440. The Balaban J connectivity index is 1.28. The van der Waals surface area contributed by atoms with E-state index in [2.05, 4.69) is 28.0 Å². The van der Waals surface area contributed by atoms with Crippen LogP contribution in [0, 0.1) is 11.3 Å². The minimum absolute atomic E-state index is 0.137. The van der Waals surface area contributed by atoms with E-state index in [1.807, 2.05) is 42.6 Å². The number of carbonyl (C=O) groups excluding carboxylic acids is 1. The van der Waals surface area contributed by atoms with Crippen molar-refractivity contribution in [2.24, 2.45) is 0 Å². The molecule has 0 radical (unpaired) electrons. The third-order valence-corrected chi connectivity index (χ3v) is 7.05. The monoisotopic (exact) mass is 539 g/mol. The summed E-state index contributed by atoms with van der Waals surface area (Å²) in [5.41, 5.74) is 2.86. The first-order chi connectivity index (χ1) is 19.7. The molecule has 10 nitrogen and oxygen atoms in total. The summed E-state index contributed by atoms with van der Waals surface area (Å²) < 4.78 is 13.7. The molecule has 0 aliphatic carbocycles. The lowest BCUT2D eigenvalue weighted by Gasteiger charge is -2.32. The van der Waals surface area contributed by atoms with Gasteiger partial charge >= 0.3 is 0 Å². The molecule has 206 valence electrons. The van der Waals surface area contributed by atoms with Crippen molar-refractivity contribution in [3.8, 4) is 28.8 Å². The first-order valence-electron chi connectivity index (χ1n) is 13.7. The number of anilines is 1. The number of amides is 1. The fraction of sp³-hybridized carbons (Fsp3) is 0.367. The third-order valence-electron chi connectivity index (χ3n) is 7.05. The summed E-state index contributed by atoms with van der Waals surface area (Å²) in [4.78, 5) is 24.3. The number of rotatable bonds is 12. The molecule has 0 saturated carbocycles. The standard InChI is InChI=1S/C30H33N7O3/c1-2-3-12-35(22-38)15-16-39-26-17-27(30-24(18-31)20-34-37(30)21-26)23-7-8-28(33-19-23)36-13-9-25(10-14-36)40-29-6-4-5-11-32-29/h4-8,11,17,19-22,25H,2-3,9-10,12-16H2,1H3. The summed E-state index contributed by atoms with van der Waals surface area (Å²) in [6.45, 7) is 5.35. The van der Waals surface area contributed by atoms with Crippen LogP contribution >= 0.6 is 0 Å². The zero-order chi connectivity index (χ0) is 27.7. The highest BCUT2D eigenvalue weighted by Crippen LogP contribution is 2.32. The van der Waals surface area contributed by atoms with E-state index in [0.717, 1.165) is 62.1 Å². The number of aromatic nitrogens is 4. The zero-order valence-electron chi connectivity index (χ0n) is 22.6. The summed E-state index contributed by atoms with van der Waals surface area (Å²) in [5.74, 6) is 2.17. The molecule has 0 N–H and O–H groups in total. The Morgan fingerprint density at radius 2 is 2.02 bits per heavy atom. The molecule has 4 aromatic rings. The van der Waals surface area contributed by atoms with Crippen LogP contribution in [0.5, 0.6) is 11.6 Å². The van der Waals surface area contributed by atoms with Crippen LogP contribution in [0.4, 0.5) is 5.82 Å². The van der Waals surface area contributed by atoms with Gasteiger partial charge in [0.2, 0.25) is 12.3 Å². The lowest BCUT2D eigenvalue weighted by Crippen LogP contribution is -2.38. The van der Waals surface area contributed by atoms with Gasteiger partial charge in [-0.15, -0.1) is 0 Å². The van der Waals surface area contributed by atoms with Crippen LogP contribution in [0.25, 0.3) is 16.6 Å². The summed E-state index contributed by atoms with van der Waals surface area (Å²) in [7, 11) is 0. The summed E-state index contributed by atoms with van der Waals surface area (Å²) in [6.07, 6.45) is 11.7. The van der Waals surface area contributed by atoms with Gasteiger partial charge in [-0.05, 0) is 30.7 Å². The van der Waals surface area contributed by atoms with E-state index >= 15 is 0 Å². The number of carbonyl (C=O) groups is 1. The Hall–Kier alpha value is -4.65. The minimum Gasteiger partial charge on any atom is -0.490 e. The number of nitriles is 1. The van der Waals surface area contributed by atoms with Crippen LogP contribution in [0.3, 0.4) is 0 Å². The highest BCUT2D eigenvalue weighted by Gasteiger charge is 2.22. The lowest BCUT2D eigenvalue weighted by atomic mass is 10.0. The average molecular weight is 540 g/mol. The number of fused-ring (bicyclic) bond motifs is 1. The van der Waals surface area contributed by atoms with Crippen LogP contribution < -0.4 is 14.4 Å². The van der Waals surface area contributed by atoms with Crippen molar-refractivity contribution in [2.45, 2.75) is 38.7 Å². The maximum atomic E-state index is 11.3. The average Bonchev–Trinajstić information content (AvgIpc) is 3.43. The van der Waals surface area contributed by atoms with Crippen LogP contribution in [0.2, 0.25) is 0 Å². The van der Waals surface area contributed by atoms with Gasteiger partial charge in [0.1, 0.15) is 30.3 Å². The SMILES string of the molecule is CCCCN(C=O)CCOc1cc(-c2ccc(N3CCC(Oc4ccccn4)CC3)nc2)c2c(C#N)cnn2c1. The second kappa shape index (κ2) is 12.9. The normalized spacial score (nSPS) is 13.7. The van der Waals surface area contributed by atoms with Crippen LogP contribution in [0.15, 0.2) is 61.2 Å². The molecule has 1 aliphatic rings. The van der Waals surface area contributed by atoms with Crippen molar-refractivity contribution >= 4 is 17.7 Å². The number of ether oxygens (including phenoxy) is 2. The fourth-order valence-electron chi connectivity index (χ4n) is 4.86. The summed E-state index contributed by atoms with van der Waals surface area (Å²) >= 11 is 0. The van der Waals surface area contributed by atoms with Crippen molar-refractivity contribution in [1.82, 2.24) is 24.5 Å². The molecule has 0 bridgehead atoms. The summed E-state index contributed by atoms with van der Waals surface area (Å²) in [5, 5.41) is 14.1. The molecule has 0 spiro atoms. The van der Waals surface area contributed by atoms with Crippen LogP contribution in [0.1, 0.15) is 38.2 Å². The maximum absolute atomic E-state index is 11.3. The van der Waals surface area contributed by atoms with Gasteiger partial charge < -0.3 is 19.3 Å². The first-order valence-corrected chi connectivity index (χ1v) is 13.7. The molecule has 10 heteroatoms. The number of pyridine rings is 3. The van der Waals surface area contributed by atoms with E-state index in [0.29, 0.717) is 42.4 Å². The Kier molecular flexibility index (Phi) is 8.71. The quantitative estimate of drug-likeness (QED) is 0.245. The highest BCUT2D eigenvalue weighted by molar-refractivity contribution is 5.85. The Morgan fingerprint density at radius 1 is 1.15 bits per heavy atom. The van der Waals surface area contributed by atoms with Gasteiger partial charge in [0.05, 0.1) is 30.0 Å². The number of nitrogens with zero attached hydrogens (tertiary/aromatic N) is 7. The molecule has 0 atom stereocenters. The number of piperidine rings is 1. The van der Waals surface area contributed by atoms with E-state index in [1.165, 1.54) is 0 Å². The molecular weight excluding hydrogens is 506 g/mol. The largest absolute Gasteiger partial charge is 0.490 e. The number of hydrogen-bond acceptors (Lipinski definition) is 8. The van der Waals surface area contributed by atoms with E-state index in [1.54, 1.807) is 28.0 Å². The zero-order valence-corrected chi connectivity index (χ0v) is 22.6. The fourth-order valence-corrected chi connectivity index (χ4v) is 4.86. The van der Waals surface area contributed by atoms with Crippen LogP contribution in [-0.2, 0) is 4.79 Å². The Labute approximate surface area is 233 Å². The van der Waals surface area contributed by atoms with Gasteiger partial charge in [-0.25, -0.2) is 14.5 Å². The minimum atomic E-state index is 0.137. The lowest BCUT2D eigenvalue weighted by molar-refractivity contribution is -0.118. The maximum Gasteiger partial charge on any atom is 0.213 e. The van der Waals surface area contributed by atoms with E-state index in [9.17, 15) is 10.1 Å². The molecule has 4 aromatic heterocycles. The molecule has 1 aliphatic heterocycles. The molecule has 5 heterocycles. The van der Waals surface area contributed by atoms with Crippen molar-refractivity contribution in [2.75, 3.05) is 37.7 Å². The molecule has 0 aromatic carbocycles. The third kappa shape index (κ3) is 6.31. The van der Waals surface area contributed by atoms with Crippen molar-refractivity contribution < 1.29 is 14.3 Å². The molecule has 0 unspecified atom stereocenters. The number of hydrogen-bond donors (Lipinski definition) is 0. The van der Waals surface area contributed by atoms with Gasteiger partial charge in [-0.3, -0.25) is 4.79 Å². The summed E-state index contributed by atoms with van der Waals surface area (Å²) in [6, 6.07) is 13.9. The van der Waals surface area contributed by atoms with Crippen molar-refractivity contribution in [3.05, 3.63) is 66.7 Å². The van der Waals surface area contributed by atoms with Gasteiger partial charge in [-0.1, -0.05) is 19.4 Å². The first kappa shape index (κ1) is 26.9. The molecule has 5 rings (SSSR count). The van der Waals surface area contributed by atoms with E-state index in [4.69, 9.17) is 14.5 Å². The van der Waals surface area contributed by atoms with Gasteiger partial charge in [-0.2, -0.15) is 10.4 Å².